The molecule has 0 unspecified atom stereocenters. The Balaban J connectivity index is 2.42. The van der Waals surface area contributed by atoms with E-state index in [4.69, 9.17) is 0 Å². The highest BCUT2D eigenvalue weighted by Gasteiger charge is 2.21. The Morgan fingerprint density at radius 2 is 2.12 bits per heavy atom. The second-order valence-corrected chi connectivity index (χ2v) is 6.96. The summed E-state index contributed by atoms with van der Waals surface area (Å²) < 4.78 is 0.848. The molecule has 0 amide bonds. The summed E-state index contributed by atoms with van der Waals surface area (Å²) in [6.07, 6.45) is 1.06. The summed E-state index contributed by atoms with van der Waals surface area (Å²) in [4.78, 5) is 11.7. The molecule has 0 fully saturated rings. The molecule has 1 aromatic rings. The molecule has 0 aliphatic rings. The quantitative estimate of drug-likeness (QED) is 0.807. The van der Waals surface area contributed by atoms with Crippen LogP contribution in [0.1, 0.15) is 34.1 Å². The molecule has 0 saturated heterocycles. The van der Waals surface area contributed by atoms with Crippen LogP contribution in [0.15, 0.2) is 4.34 Å². The van der Waals surface area contributed by atoms with Gasteiger partial charge in [0.05, 0.1) is 5.75 Å². The first kappa shape index (κ1) is 14.4. The zero-order valence-corrected chi connectivity index (χ0v) is 12.4. The minimum Gasteiger partial charge on any atom is -0.360 e. The number of ketones is 1. The van der Waals surface area contributed by atoms with Gasteiger partial charge in [-0.15, -0.1) is 10.2 Å². The SMILES string of the molecule is CCCNc1nnc(SCC(=O)C(C)(C)C)s1. The first-order chi connectivity index (χ1) is 7.93. The minimum absolute atomic E-state index is 0.237. The maximum Gasteiger partial charge on any atom is 0.206 e. The predicted octanol–water partition coefficient (Wildman–Crippen LogP) is 3.07. The highest BCUT2D eigenvalue weighted by atomic mass is 32.2. The fourth-order valence-corrected chi connectivity index (χ4v) is 2.85. The van der Waals surface area contributed by atoms with E-state index in [-0.39, 0.29) is 11.2 Å². The summed E-state index contributed by atoms with van der Waals surface area (Å²) >= 11 is 2.97. The molecule has 0 aliphatic heterocycles. The van der Waals surface area contributed by atoms with Gasteiger partial charge in [0.15, 0.2) is 4.34 Å². The third-order valence-electron chi connectivity index (χ3n) is 2.10. The van der Waals surface area contributed by atoms with E-state index in [0.29, 0.717) is 5.75 Å². The van der Waals surface area contributed by atoms with Gasteiger partial charge in [0.25, 0.3) is 0 Å². The van der Waals surface area contributed by atoms with Crippen LogP contribution >= 0.6 is 23.1 Å². The number of carbonyl (C=O) groups is 1. The molecule has 96 valence electrons. The molecule has 1 heterocycles. The third-order valence-corrected chi connectivity index (χ3v) is 4.11. The second kappa shape index (κ2) is 6.35. The number of nitrogens with one attached hydrogen (secondary N) is 1. The number of thioether (sulfide) groups is 1. The van der Waals surface area contributed by atoms with E-state index in [2.05, 4.69) is 22.4 Å². The number of anilines is 1. The maximum absolute atomic E-state index is 11.7. The van der Waals surface area contributed by atoms with Crippen LogP contribution in [-0.2, 0) is 4.79 Å². The molecular formula is C11H19N3OS2. The molecule has 1 N–H and O–H groups in total. The summed E-state index contributed by atoms with van der Waals surface area (Å²) in [7, 11) is 0. The Morgan fingerprint density at radius 1 is 1.41 bits per heavy atom. The van der Waals surface area contributed by atoms with Gasteiger partial charge in [-0.1, -0.05) is 50.8 Å². The van der Waals surface area contributed by atoms with Crippen LogP contribution in [0.3, 0.4) is 0 Å². The van der Waals surface area contributed by atoms with Gasteiger partial charge in [-0.3, -0.25) is 4.79 Å². The van der Waals surface area contributed by atoms with Crippen molar-refractivity contribution in [2.45, 2.75) is 38.5 Å². The fourth-order valence-electron chi connectivity index (χ4n) is 0.915. The Labute approximate surface area is 111 Å². The number of hydrogen-bond donors (Lipinski definition) is 1. The summed E-state index contributed by atoms with van der Waals surface area (Å²) in [5.74, 6) is 0.701. The summed E-state index contributed by atoms with van der Waals surface area (Å²) in [5.41, 5.74) is -0.277. The van der Waals surface area contributed by atoms with Gasteiger partial charge >= 0.3 is 0 Å². The Hall–Kier alpha value is -0.620. The summed E-state index contributed by atoms with van der Waals surface area (Å²) in [6, 6.07) is 0. The summed E-state index contributed by atoms with van der Waals surface area (Å²) in [6.45, 7) is 8.81. The van der Waals surface area contributed by atoms with Gasteiger partial charge in [-0.2, -0.15) is 0 Å². The lowest BCUT2D eigenvalue weighted by molar-refractivity contribution is -0.123. The van der Waals surface area contributed by atoms with Crippen molar-refractivity contribution in [1.29, 1.82) is 0 Å². The first-order valence-electron chi connectivity index (χ1n) is 5.67. The molecule has 0 atom stereocenters. The van der Waals surface area contributed by atoms with E-state index < -0.39 is 0 Å². The zero-order valence-electron chi connectivity index (χ0n) is 10.7. The third kappa shape index (κ3) is 5.04. The van der Waals surface area contributed by atoms with E-state index >= 15 is 0 Å². The van der Waals surface area contributed by atoms with Crippen LogP contribution in [0.5, 0.6) is 0 Å². The van der Waals surface area contributed by atoms with Crippen molar-refractivity contribution in [3.05, 3.63) is 0 Å². The van der Waals surface area contributed by atoms with Crippen LogP contribution in [0.4, 0.5) is 5.13 Å². The van der Waals surface area contributed by atoms with Crippen LogP contribution in [0, 0.1) is 5.41 Å². The number of aromatic nitrogens is 2. The van der Waals surface area contributed by atoms with Crippen molar-refractivity contribution < 1.29 is 4.79 Å². The van der Waals surface area contributed by atoms with Gasteiger partial charge < -0.3 is 5.32 Å². The van der Waals surface area contributed by atoms with Crippen LogP contribution in [0.25, 0.3) is 0 Å². The predicted molar refractivity (Wildman–Crippen MR) is 73.9 cm³/mol. The van der Waals surface area contributed by atoms with Crippen molar-refractivity contribution in [2.75, 3.05) is 17.6 Å². The molecule has 17 heavy (non-hydrogen) atoms. The highest BCUT2D eigenvalue weighted by molar-refractivity contribution is 8.01. The smallest absolute Gasteiger partial charge is 0.206 e. The van der Waals surface area contributed by atoms with Gasteiger partial charge in [0.1, 0.15) is 5.78 Å². The van der Waals surface area contributed by atoms with E-state index in [0.717, 1.165) is 22.4 Å². The molecule has 0 radical (unpaired) electrons. The maximum atomic E-state index is 11.7. The number of rotatable bonds is 6. The largest absolute Gasteiger partial charge is 0.360 e. The minimum atomic E-state index is -0.277. The normalized spacial score (nSPS) is 11.5. The highest BCUT2D eigenvalue weighted by Crippen LogP contribution is 2.27. The van der Waals surface area contributed by atoms with Gasteiger partial charge in [-0.25, -0.2) is 0 Å². The molecule has 1 aromatic heterocycles. The molecular weight excluding hydrogens is 254 g/mol. The van der Waals surface area contributed by atoms with E-state index in [1.54, 1.807) is 0 Å². The van der Waals surface area contributed by atoms with Gasteiger partial charge in [-0.05, 0) is 6.42 Å². The second-order valence-electron chi connectivity index (χ2n) is 4.76. The lowest BCUT2D eigenvalue weighted by Gasteiger charge is -2.15. The molecule has 4 nitrogen and oxygen atoms in total. The number of Topliss-reactive ketones (excluding diaryl/α,β-unsaturated/α-hetero) is 1. The molecule has 6 heteroatoms. The standard InChI is InChI=1S/C11H19N3OS2/c1-5-6-12-9-13-14-10(17-9)16-7-8(15)11(2,3)4/h5-7H2,1-4H3,(H,12,13). The van der Waals surface area contributed by atoms with Crippen molar-refractivity contribution in [1.82, 2.24) is 10.2 Å². The van der Waals surface area contributed by atoms with E-state index in [1.165, 1.54) is 23.1 Å². The Kier molecular flexibility index (Phi) is 5.39. The number of carbonyl (C=O) groups excluding carboxylic acids is 1. The van der Waals surface area contributed by atoms with Crippen molar-refractivity contribution in [3.63, 3.8) is 0 Å². The van der Waals surface area contributed by atoms with Crippen molar-refractivity contribution in [3.8, 4) is 0 Å². The fraction of sp³-hybridized carbons (Fsp3) is 0.727. The van der Waals surface area contributed by atoms with E-state index in [1.807, 2.05) is 20.8 Å². The zero-order chi connectivity index (χ0) is 12.9. The van der Waals surface area contributed by atoms with Crippen molar-refractivity contribution >= 4 is 34.0 Å². The Morgan fingerprint density at radius 3 is 2.71 bits per heavy atom. The monoisotopic (exact) mass is 273 g/mol. The van der Waals surface area contributed by atoms with Crippen LogP contribution in [0.2, 0.25) is 0 Å². The molecule has 0 aliphatic carbocycles. The molecule has 1 rings (SSSR count). The van der Waals surface area contributed by atoms with Crippen molar-refractivity contribution in [2.24, 2.45) is 5.41 Å². The summed E-state index contributed by atoms with van der Waals surface area (Å²) in [5, 5.41) is 12.1. The lowest BCUT2D eigenvalue weighted by Crippen LogP contribution is -2.21. The number of hydrogen-bond acceptors (Lipinski definition) is 6. The van der Waals surface area contributed by atoms with E-state index in [9.17, 15) is 4.79 Å². The Bertz CT molecular complexity index is 371. The average molecular weight is 273 g/mol. The van der Waals surface area contributed by atoms with Gasteiger partial charge in [0.2, 0.25) is 5.13 Å². The first-order valence-corrected chi connectivity index (χ1v) is 7.47. The number of nitrogens with zero attached hydrogens (tertiary/aromatic N) is 2. The molecule has 0 aromatic carbocycles. The molecule has 0 saturated carbocycles. The van der Waals surface area contributed by atoms with Crippen LogP contribution in [-0.4, -0.2) is 28.3 Å². The topological polar surface area (TPSA) is 54.9 Å². The average Bonchev–Trinajstić information content (AvgIpc) is 2.69. The van der Waals surface area contributed by atoms with Crippen LogP contribution < -0.4 is 5.32 Å². The van der Waals surface area contributed by atoms with Gasteiger partial charge in [0, 0.05) is 12.0 Å². The molecule has 0 bridgehead atoms. The lowest BCUT2D eigenvalue weighted by atomic mass is 9.92. The molecule has 0 spiro atoms.